The normalized spacial score (nSPS) is 18.2. The average molecular weight is 262 g/mol. The third-order valence-corrected chi connectivity index (χ3v) is 3.85. The van der Waals surface area contributed by atoms with Gasteiger partial charge in [0.2, 0.25) is 5.91 Å². The van der Waals surface area contributed by atoms with E-state index in [0.29, 0.717) is 17.5 Å². The maximum Gasteiger partial charge on any atom is 0.249 e. The summed E-state index contributed by atoms with van der Waals surface area (Å²) in [5.41, 5.74) is 7.23. The van der Waals surface area contributed by atoms with Crippen molar-refractivity contribution in [3.05, 3.63) is 35.4 Å². The summed E-state index contributed by atoms with van der Waals surface area (Å²) < 4.78 is 5.39. The number of benzene rings is 1. The first-order valence-electron chi connectivity index (χ1n) is 6.77. The minimum Gasteiger partial charge on any atom is -0.381 e. The topological polar surface area (TPSA) is 64.3 Å². The zero-order valence-electron chi connectivity index (χ0n) is 11.4. The van der Waals surface area contributed by atoms with E-state index in [4.69, 9.17) is 10.5 Å². The number of hydrogen-bond donors (Lipinski definition) is 2. The van der Waals surface area contributed by atoms with E-state index in [1.165, 1.54) is 0 Å². The predicted octanol–water partition coefficient (Wildman–Crippen LogP) is 1.69. The minimum absolute atomic E-state index is 0.292. The number of nitrogens with two attached hydrogens (primary N) is 1. The van der Waals surface area contributed by atoms with E-state index in [2.05, 4.69) is 12.2 Å². The van der Waals surface area contributed by atoms with Gasteiger partial charge >= 0.3 is 0 Å². The van der Waals surface area contributed by atoms with Crippen molar-refractivity contribution in [3.63, 3.8) is 0 Å². The molecular formula is C15H22N2O2. The lowest BCUT2D eigenvalue weighted by molar-refractivity contribution is 0.0240. The van der Waals surface area contributed by atoms with Gasteiger partial charge in [-0.2, -0.15) is 0 Å². The fourth-order valence-electron chi connectivity index (χ4n) is 2.45. The number of carbonyl (C=O) groups excluding carboxylic acids is 1. The summed E-state index contributed by atoms with van der Waals surface area (Å²) >= 11 is 0. The first kappa shape index (κ1) is 14.0. The van der Waals surface area contributed by atoms with Gasteiger partial charge in [-0.3, -0.25) is 4.79 Å². The molecule has 0 aliphatic carbocycles. The van der Waals surface area contributed by atoms with E-state index in [1.807, 2.05) is 18.2 Å². The van der Waals surface area contributed by atoms with Gasteiger partial charge in [0.25, 0.3) is 0 Å². The molecule has 0 spiro atoms. The number of ether oxygens (including phenoxy) is 1. The van der Waals surface area contributed by atoms with Gasteiger partial charge in [0.1, 0.15) is 0 Å². The first-order chi connectivity index (χ1) is 9.11. The molecule has 3 N–H and O–H groups in total. The zero-order chi connectivity index (χ0) is 13.7. The maximum absolute atomic E-state index is 11.3. The number of rotatable bonds is 5. The van der Waals surface area contributed by atoms with Gasteiger partial charge in [-0.25, -0.2) is 0 Å². The summed E-state index contributed by atoms with van der Waals surface area (Å²) in [6, 6.07) is 7.48. The molecule has 19 heavy (non-hydrogen) atoms. The van der Waals surface area contributed by atoms with Crippen LogP contribution in [0, 0.1) is 5.41 Å². The summed E-state index contributed by atoms with van der Waals surface area (Å²) in [6.45, 7) is 5.58. The monoisotopic (exact) mass is 262 g/mol. The van der Waals surface area contributed by atoms with Crippen molar-refractivity contribution < 1.29 is 9.53 Å². The molecule has 1 aliphatic rings. The van der Waals surface area contributed by atoms with Gasteiger partial charge in [0.05, 0.1) is 0 Å². The standard InChI is InChI=1S/C15H22N2O2/c1-15(6-8-19-9-7-15)11-17-10-12-4-2-3-5-13(12)14(16)18/h2-5,17H,6-11H2,1H3,(H2,16,18). The van der Waals surface area contributed by atoms with Crippen molar-refractivity contribution in [2.24, 2.45) is 11.1 Å². The lowest BCUT2D eigenvalue weighted by Gasteiger charge is -2.33. The summed E-state index contributed by atoms with van der Waals surface area (Å²) in [5.74, 6) is -0.366. The SMILES string of the molecule is CC1(CNCc2ccccc2C(N)=O)CCOCC1. The van der Waals surface area contributed by atoms with Crippen LogP contribution in [0.5, 0.6) is 0 Å². The molecule has 0 radical (unpaired) electrons. The molecule has 104 valence electrons. The first-order valence-corrected chi connectivity index (χ1v) is 6.77. The average Bonchev–Trinajstić information content (AvgIpc) is 2.40. The molecule has 4 nitrogen and oxygen atoms in total. The van der Waals surface area contributed by atoms with E-state index < -0.39 is 0 Å². The van der Waals surface area contributed by atoms with Crippen molar-refractivity contribution in [1.29, 1.82) is 0 Å². The van der Waals surface area contributed by atoms with Gasteiger partial charge in [0.15, 0.2) is 0 Å². The van der Waals surface area contributed by atoms with Gasteiger partial charge in [0, 0.05) is 31.9 Å². The third-order valence-electron chi connectivity index (χ3n) is 3.85. The molecule has 0 atom stereocenters. The van der Waals surface area contributed by atoms with Gasteiger partial charge in [-0.05, 0) is 29.9 Å². The highest BCUT2D eigenvalue weighted by Gasteiger charge is 2.26. The summed E-state index contributed by atoms with van der Waals surface area (Å²) in [6.07, 6.45) is 2.16. The second-order valence-electron chi connectivity index (χ2n) is 5.55. The molecule has 1 amide bonds. The number of amides is 1. The number of primary amides is 1. The Hall–Kier alpha value is -1.39. The molecule has 1 heterocycles. The second-order valence-corrected chi connectivity index (χ2v) is 5.55. The number of carbonyl (C=O) groups is 1. The van der Waals surface area contributed by atoms with Gasteiger partial charge in [-0.15, -0.1) is 0 Å². The Bertz CT molecular complexity index is 440. The van der Waals surface area contributed by atoms with Crippen LogP contribution < -0.4 is 11.1 Å². The molecule has 1 aromatic rings. The molecule has 1 aliphatic heterocycles. The second kappa shape index (κ2) is 6.17. The Morgan fingerprint density at radius 2 is 2.05 bits per heavy atom. The summed E-state index contributed by atoms with van der Waals surface area (Å²) in [4.78, 5) is 11.3. The lowest BCUT2D eigenvalue weighted by atomic mass is 9.82. The van der Waals surface area contributed by atoms with Crippen LogP contribution >= 0.6 is 0 Å². The highest BCUT2D eigenvalue weighted by molar-refractivity contribution is 5.94. The largest absolute Gasteiger partial charge is 0.381 e. The molecule has 1 fully saturated rings. The minimum atomic E-state index is -0.366. The predicted molar refractivity (Wildman–Crippen MR) is 74.8 cm³/mol. The van der Waals surface area contributed by atoms with Crippen molar-refractivity contribution >= 4 is 5.91 Å². The summed E-state index contributed by atoms with van der Waals surface area (Å²) in [5, 5.41) is 3.44. The molecule has 0 unspecified atom stereocenters. The van der Waals surface area contributed by atoms with Crippen molar-refractivity contribution in [2.45, 2.75) is 26.3 Å². The highest BCUT2D eigenvalue weighted by atomic mass is 16.5. The highest BCUT2D eigenvalue weighted by Crippen LogP contribution is 2.28. The number of nitrogens with one attached hydrogen (secondary N) is 1. The fraction of sp³-hybridized carbons (Fsp3) is 0.533. The van der Waals surface area contributed by atoms with Crippen LogP contribution in [0.3, 0.4) is 0 Å². The molecule has 0 bridgehead atoms. The quantitative estimate of drug-likeness (QED) is 0.848. The van der Waals surface area contributed by atoms with Crippen molar-refractivity contribution in [1.82, 2.24) is 5.32 Å². The van der Waals surface area contributed by atoms with Crippen LogP contribution in [0.15, 0.2) is 24.3 Å². The number of hydrogen-bond acceptors (Lipinski definition) is 3. The van der Waals surface area contributed by atoms with Crippen molar-refractivity contribution in [3.8, 4) is 0 Å². The van der Waals surface area contributed by atoms with Crippen LogP contribution in [0.4, 0.5) is 0 Å². The van der Waals surface area contributed by atoms with Gasteiger partial charge in [-0.1, -0.05) is 25.1 Å². The Labute approximate surface area is 114 Å². The Kier molecular flexibility index (Phi) is 4.56. The Morgan fingerprint density at radius 1 is 1.37 bits per heavy atom. The molecule has 1 saturated heterocycles. The zero-order valence-corrected chi connectivity index (χ0v) is 11.4. The van der Waals surface area contributed by atoms with Crippen LogP contribution in [0.25, 0.3) is 0 Å². The van der Waals surface area contributed by atoms with Crippen LogP contribution in [-0.4, -0.2) is 25.7 Å². The van der Waals surface area contributed by atoms with Crippen LogP contribution in [0.1, 0.15) is 35.7 Å². The lowest BCUT2D eigenvalue weighted by Crippen LogP contribution is -2.36. The van der Waals surface area contributed by atoms with Crippen LogP contribution in [-0.2, 0) is 11.3 Å². The smallest absolute Gasteiger partial charge is 0.249 e. The Morgan fingerprint density at radius 3 is 2.74 bits per heavy atom. The maximum atomic E-state index is 11.3. The summed E-state index contributed by atoms with van der Waals surface area (Å²) in [7, 11) is 0. The third kappa shape index (κ3) is 3.78. The van der Waals surface area contributed by atoms with Gasteiger partial charge < -0.3 is 15.8 Å². The van der Waals surface area contributed by atoms with E-state index >= 15 is 0 Å². The fourth-order valence-corrected chi connectivity index (χ4v) is 2.45. The molecule has 1 aromatic carbocycles. The Balaban J connectivity index is 1.90. The van der Waals surface area contributed by atoms with E-state index in [0.717, 1.165) is 38.2 Å². The van der Waals surface area contributed by atoms with E-state index in [-0.39, 0.29) is 5.91 Å². The van der Waals surface area contributed by atoms with Crippen LogP contribution in [0.2, 0.25) is 0 Å². The molecule has 2 rings (SSSR count). The van der Waals surface area contributed by atoms with Crippen molar-refractivity contribution in [2.75, 3.05) is 19.8 Å². The molecular weight excluding hydrogens is 240 g/mol. The van der Waals surface area contributed by atoms with E-state index in [1.54, 1.807) is 6.07 Å². The van der Waals surface area contributed by atoms with E-state index in [9.17, 15) is 4.79 Å². The molecule has 0 saturated carbocycles. The molecule has 0 aromatic heterocycles. The molecule has 4 heteroatoms.